The highest BCUT2D eigenvalue weighted by Crippen LogP contribution is 2.67. The third-order valence-electron chi connectivity index (χ3n) is 9.17. The average molecular weight is 318 g/mol. The van der Waals surface area contributed by atoms with Gasteiger partial charge in [-0.05, 0) is 85.9 Å². The van der Waals surface area contributed by atoms with E-state index in [-0.39, 0.29) is 17.9 Å². The number of carbonyl (C=O) groups excluding carboxylic acids is 1. The van der Waals surface area contributed by atoms with Gasteiger partial charge in [-0.25, -0.2) is 0 Å². The quantitative estimate of drug-likeness (QED) is 0.811. The molecule has 0 aromatic rings. The number of rotatable bonds is 2. The summed E-state index contributed by atoms with van der Waals surface area (Å²) in [5, 5.41) is 0. The van der Waals surface area contributed by atoms with Gasteiger partial charge >= 0.3 is 0 Å². The Bertz CT molecular complexity index is 488. The molecule has 23 heavy (non-hydrogen) atoms. The molecule has 7 atom stereocenters. The van der Waals surface area contributed by atoms with E-state index in [0.29, 0.717) is 11.2 Å². The minimum Gasteiger partial charge on any atom is -0.324 e. The van der Waals surface area contributed by atoms with Crippen molar-refractivity contribution < 1.29 is 4.79 Å². The molecular weight excluding hydrogens is 282 g/mol. The van der Waals surface area contributed by atoms with Gasteiger partial charge in [0.25, 0.3) is 0 Å². The molecule has 4 aliphatic carbocycles. The highest BCUT2D eigenvalue weighted by molar-refractivity contribution is 5.84. The molecule has 0 unspecified atom stereocenters. The molecule has 0 aliphatic heterocycles. The summed E-state index contributed by atoms with van der Waals surface area (Å²) in [5.74, 6) is 4.21. The van der Waals surface area contributed by atoms with E-state index in [9.17, 15) is 4.79 Å². The molecule has 0 aromatic heterocycles. The van der Waals surface area contributed by atoms with Gasteiger partial charge in [-0.3, -0.25) is 4.79 Å². The van der Waals surface area contributed by atoms with Gasteiger partial charge in [-0.15, -0.1) is 0 Å². The Kier molecular flexibility index (Phi) is 3.91. The van der Waals surface area contributed by atoms with Crippen LogP contribution in [0.15, 0.2) is 0 Å². The van der Waals surface area contributed by atoms with Gasteiger partial charge in [0.1, 0.15) is 5.78 Å². The van der Waals surface area contributed by atoms with E-state index < -0.39 is 0 Å². The largest absolute Gasteiger partial charge is 0.324 e. The maximum atomic E-state index is 12.4. The second-order valence-electron chi connectivity index (χ2n) is 9.75. The van der Waals surface area contributed by atoms with Gasteiger partial charge in [0.05, 0.1) is 6.54 Å². The van der Waals surface area contributed by atoms with Crippen LogP contribution < -0.4 is 5.73 Å². The zero-order valence-electron chi connectivity index (χ0n) is 15.2. The predicted molar refractivity (Wildman–Crippen MR) is 93.9 cm³/mol. The van der Waals surface area contributed by atoms with Gasteiger partial charge in [-0.1, -0.05) is 26.7 Å². The minimum absolute atomic E-state index is 0.251. The number of fused-ring (bicyclic) bond motifs is 5. The van der Waals surface area contributed by atoms with E-state index >= 15 is 0 Å². The van der Waals surface area contributed by atoms with Crippen LogP contribution in [0.25, 0.3) is 0 Å². The summed E-state index contributed by atoms with van der Waals surface area (Å²) < 4.78 is 0. The van der Waals surface area contributed by atoms with Crippen molar-refractivity contribution in [2.45, 2.75) is 78.1 Å². The van der Waals surface area contributed by atoms with E-state index in [2.05, 4.69) is 13.8 Å². The van der Waals surface area contributed by atoms with E-state index in [4.69, 9.17) is 5.73 Å². The summed E-state index contributed by atoms with van der Waals surface area (Å²) in [7, 11) is 0. The normalized spacial score (nSPS) is 52.4. The summed E-state index contributed by atoms with van der Waals surface area (Å²) in [6.45, 7) is 5.32. The SMILES string of the molecule is C[C@]12CCCC[C@@H]1CC[C@@H]1[C@@H]2CC[C@]2(C)[C@@H](C(=O)CN)CC[C@@H]12. The summed E-state index contributed by atoms with van der Waals surface area (Å²) in [5.41, 5.74) is 6.59. The van der Waals surface area contributed by atoms with E-state index in [0.717, 1.165) is 30.1 Å². The summed E-state index contributed by atoms with van der Waals surface area (Å²) in [6, 6.07) is 0. The molecule has 0 radical (unpaired) electrons. The lowest BCUT2D eigenvalue weighted by atomic mass is 9.45. The van der Waals surface area contributed by atoms with Gasteiger partial charge in [0.15, 0.2) is 0 Å². The molecule has 2 heteroatoms. The monoisotopic (exact) mass is 317 g/mol. The lowest BCUT2D eigenvalue weighted by molar-refractivity contribution is -0.134. The molecule has 4 rings (SSSR count). The third kappa shape index (κ3) is 2.19. The van der Waals surface area contributed by atoms with E-state index in [1.165, 1.54) is 57.8 Å². The van der Waals surface area contributed by atoms with Crippen LogP contribution in [-0.4, -0.2) is 12.3 Å². The zero-order valence-corrected chi connectivity index (χ0v) is 15.2. The van der Waals surface area contributed by atoms with Crippen molar-refractivity contribution in [2.75, 3.05) is 6.54 Å². The second-order valence-corrected chi connectivity index (χ2v) is 9.75. The first-order valence-corrected chi connectivity index (χ1v) is 10.2. The number of hydrogen-bond donors (Lipinski definition) is 1. The van der Waals surface area contributed by atoms with Crippen LogP contribution in [0.2, 0.25) is 0 Å². The number of Topliss-reactive ketones (excluding diaryl/α,β-unsaturated/α-hetero) is 1. The Morgan fingerprint density at radius 1 is 0.913 bits per heavy atom. The average Bonchev–Trinajstić information content (AvgIpc) is 2.91. The van der Waals surface area contributed by atoms with Crippen molar-refractivity contribution in [1.82, 2.24) is 0 Å². The van der Waals surface area contributed by atoms with Crippen molar-refractivity contribution in [3.8, 4) is 0 Å². The number of nitrogens with two attached hydrogens (primary N) is 1. The van der Waals surface area contributed by atoms with E-state index in [1.807, 2.05) is 0 Å². The molecule has 0 aromatic carbocycles. The fourth-order valence-electron chi connectivity index (χ4n) is 7.97. The minimum atomic E-state index is 0.251. The van der Waals surface area contributed by atoms with E-state index in [1.54, 1.807) is 0 Å². The van der Waals surface area contributed by atoms with Crippen molar-refractivity contribution in [3.63, 3.8) is 0 Å². The Balaban J connectivity index is 1.61. The Morgan fingerprint density at radius 3 is 2.48 bits per heavy atom. The summed E-state index contributed by atoms with van der Waals surface area (Å²) >= 11 is 0. The molecule has 130 valence electrons. The predicted octanol–water partition coefficient (Wildman–Crippen LogP) is 4.56. The van der Waals surface area contributed by atoms with Crippen LogP contribution in [0, 0.1) is 40.4 Å². The molecular formula is C21H35NO. The van der Waals surface area contributed by atoms with Crippen LogP contribution >= 0.6 is 0 Å². The molecule has 4 aliphatic rings. The molecule has 0 saturated heterocycles. The summed E-state index contributed by atoms with van der Waals surface area (Å²) in [6.07, 6.45) is 13.8. The molecule has 0 amide bonds. The smallest absolute Gasteiger partial charge is 0.150 e. The standard InChI is InChI=1S/C21H35NO/c1-20-11-4-3-5-14(20)6-7-15-16-8-9-18(19(23)13-22)21(16,2)12-10-17(15)20/h14-18H,3-13,22H2,1-2H3/t14-,15+,16+,17+,18-,20+,21+/m1/s1. The van der Waals surface area contributed by atoms with Crippen molar-refractivity contribution >= 4 is 5.78 Å². The maximum Gasteiger partial charge on any atom is 0.150 e. The lowest BCUT2D eigenvalue weighted by Gasteiger charge is -2.60. The molecule has 0 heterocycles. The van der Waals surface area contributed by atoms with Gasteiger partial charge < -0.3 is 5.73 Å². The maximum absolute atomic E-state index is 12.4. The Morgan fingerprint density at radius 2 is 1.70 bits per heavy atom. The fourth-order valence-corrected chi connectivity index (χ4v) is 7.97. The zero-order chi connectivity index (χ0) is 16.2. The highest BCUT2D eigenvalue weighted by atomic mass is 16.1. The van der Waals surface area contributed by atoms with Crippen molar-refractivity contribution in [3.05, 3.63) is 0 Å². The first kappa shape index (κ1) is 16.1. The molecule has 2 N–H and O–H groups in total. The fraction of sp³-hybridized carbons (Fsp3) is 0.952. The van der Waals surface area contributed by atoms with Gasteiger partial charge in [-0.2, -0.15) is 0 Å². The first-order chi connectivity index (χ1) is 11.0. The van der Waals surface area contributed by atoms with Crippen LogP contribution in [0.3, 0.4) is 0 Å². The molecule has 2 nitrogen and oxygen atoms in total. The van der Waals surface area contributed by atoms with Crippen LogP contribution in [0.5, 0.6) is 0 Å². The topological polar surface area (TPSA) is 43.1 Å². The number of hydrogen-bond acceptors (Lipinski definition) is 2. The second kappa shape index (κ2) is 5.58. The van der Waals surface area contributed by atoms with Crippen LogP contribution in [0.4, 0.5) is 0 Å². The van der Waals surface area contributed by atoms with Crippen LogP contribution in [0.1, 0.15) is 78.1 Å². The Labute approximate surface area is 142 Å². The third-order valence-corrected chi connectivity index (χ3v) is 9.17. The van der Waals surface area contributed by atoms with Crippen molar-refractivity contribution in [1.29, 1.82) is 0 Å². The van der Waals surface area contributed by atoms with Crippen LogP contribution in [-0.2, 0) is 4.79 Å². The first-order valence-electron chi connectivity index (χ1n) is 10.2. The molecule has 0 bridgehead atoms. The van der Waals surface area contributed by atoms with Gasteiger partial charge in [0, 0.05) is 5.92 Å². The summed E-state index contributed by atoms with van der Waals surface area (Å²) in [4.78, 5) is 12.4. The van der Waals surface area contributed by atoms with Gasteiger partial charge in [0.2, 0.25) is 0 Å². The molecule has 4 saturated carbocycles. The highest BCUT2D eigenvalue weighted by Gasteiger charge is 2.60. The van der Waals surface area contributed by atoms with Crippen molar-refractivity contribution in [2.24, 2.45) is 46.2 Å². The molecule has 0 spiro atoms. The number of carbonyl (C=O) groups is 1. The Hall–Kier alpha value is -0.370. The number of ketones is 1. The molecule has 4 fully saturated rings. The lowest BCUT2D eigenvalue weighted by Crippen LogP contribution is -2.53.